The van der Waals surface area contributed by atoms with Gasteiger partial charge in [-0.15, -0.1) is 0 Å². The van der Waals surface area contributed by atoms with E-state index in [9.17, 15) is 9.90 Å². The molecule has 0 saturated carbocycles. The van der Waals surface area contributed by atoms with Gasteiger partial charge in [0.1, 0.15) is 11.5 Å². The minimum atomic E-state index is -0.436. The zero-order valence-corrected chi connectivity index (χ0v) is 17.7. The first-order valence-electron chi connectivity index (χ1n) is 10.2. The van der Waals surface area contributed by atoms with Crippen molar-refractivity contribution in [3.05, 3.63) is 89.6 Å². The number of nitrogens with zero attached hydrogens (tertiary/aromatic N) is 2. The summed E-state index contributed by atoms with van der Waals surface area (Å²) in [5, 5.41) is 16.1. The predicted molar refractivity (Wildman–Crippen MR) is 124 cm³/mol. The van der Waals surface area contributed by atoms with Gasteiger partial charge < -0.3 is 20.5 Å². The van der Waals surface area contributed by atoms with Crippen molar-refractivity contribution in [2.45, 2.75) is 13.0 Å². The number of ether oxygens (including phenoxy) is 1. The lowest BCUT2D eigenvalue weighted by Crippen LogP contribution is -2.31. The SMILES string of the molecule is COc1ccccc1NC(=O)C1=C(C)Nc2nc3ccccc3n2[C@@H]1c1ccc(O)cc1. The van der Waals surface area contributed by atoms with Gasteiger partial charge in [-0.1, -0.05) is 36.4 Å². The molecule has 0 fully saturated rings. The van der Waals surface area contributed by atoms with Crippen LogP contribution in [-0.2, 0) is 4.79 Å². The van der Waals surface area contributed by atoms with Crippen molar-refractivity contribution in [2.24, 2.45) is 0 Å². The van der Waals surface area contributed by atoms with Crippen LogP contribution in [0.1, 0.15) is 18.5 Å². The van der Waals surface area contributed by atoms with Crippen LogP contribution in [0.2, 0.25) is 0 Å². The number of para-hydroxylation sites is 4. The largest absolute Gasteiger partial charge is 0.508 e. The second-order valence-corrected chi connectivity index (χ2v) is 7.61. The van der Waals surface area contributed by atoms with Crippen LogP contribution in [-0.4, -0.2) is 27.7 Å². The minimum absolute atomic E-state index is 0.166. The van der Waals surface area contributed by atoms with Crippen LogP contribution in [0.5, 0.6) is 11.5 Å². The summed E-state index contributed by atoms with van der Waals surface area (Å²) in [6.45, 7) is 1.87. The molecular formula is C25H22N4O3. The molecule has 3 N–H and O–H groups in total. The van der Waals surface area contributed by atoms with Crippen LogP contribution in [0, 0.1) is 0 Å². The highest BCUT2D eigenvalue weighted by atomic mass is 16.5. The molecule has 160 valence electrons. The lowest BCUT2D eigenvalue weighted by molar-refractivity contribution is -0.113. The van der Waals surface area contributed by atoms with Crippen LogP contribution in [0.25, 0.3) is 11.0 Å². The van der Waals surface area contributed by atoms with Gasteiger partial charge in [0.25, 0.3) is 5.91 Å². The van der Waals surface area contributed by atoms with Gasteiger partial charge in [0.05, 0.1) is 35.4 Å². The van der Waals surface area contributed by atoms with Gasteiger partial charge in [0, 0.05) is 5.70 Å². The maximum Gasteiger partial charge on any atom is 0.255 e. The van der Waals surface area contributed by atoms with E-state index in [1.165, 1.54) is 0 Å². The lowest BCUT2D eigenvalue weighted by atomic mass is 9.94. The molecule has 0 radical (unpaired) electrons. The fraction of sp³-hybridized carbons (Fsp3) is 0.120. The Bertz CT molecular complexity index is 1360. The summed E-state index contributed by atoms with van der Waals surface area (Å²) in [6.07, 6.45) is 0. The van der Waals surface area contributed by atoms with Crippen LogP contribution in [0.15, 0.2) is 84.1 Å². The Labute approximate surface area is 185 Å². The van der Waals surface area contributed by atoms with Gasteiger partial charge in [0.2, 0.25) is 5.95 Å². The summed E-state index contributed by atoms with van der Waals surface area (Å²) in [5.41, 5.74) is 4.45. The third-order valence-corrected chi connectivity index (χ3v) is 5.64. The third-order valence-electron chi connectivity index (χ3n) is 5.64. The van der Waals surface area contributed by atoms with E-state index in [0.717, 1.165) is 16.6 Å². The number of anilines is 2. The monoisotopic (exact) mass is 426 g/mol. The number of benzene rings is 3. The highest BCUT2D eigenvalue weighted by Crippen LogP contribution is 2.40. The molecule has 0 saturated heterocycles. The summed E-state index contributed by atoms with van der Waals surface area (Å²) in [7, 11) is 1.57. The molecule has 1 atom stereocenters. The molecule has 0 aliphatic carbocycles. The second-order valence-electron chi connectivity index (χ2n) is 7.61. The standard InChI is InChI=1S/C25H22N4O3/c1-15-22(24(31)27-19-8-4-6-10-21(19)32-2)23(16-11-13-17(30)14-12-16)29-20-9-5-3-7-18(20)28-25(29)26-15/h3-14,23,30H,1-2H3,(H,26,28)(H,27,31)/t23-/m1/s1. The minimum Gasteiger partial charge on any atom is -0.508 e. The zero-order chi connectivity index (χ0) is 22.2. The Hall–Kier alpha value is -4.26. The summed E-state index contributed by atoms with van der Waals surface area (Å²) in [5.74, 6) is 1.16. The van der Waals surface area contributed by atoms with Crippen molar-refractivity contribution < 1.29 is 14.6 Å². The molecule has 5 rings (SSSR count). The fourth-order valence-corrected chi connectivity index (χ4v) is 4.17. The topological polar surface area (TPSA) is 88.4 Å². The van der Waals surface area contributed by atoms with E-state index in [0.29, 0.717) is 28.7 Å². The summed E-state index contributed by atoms with van der Waals surface area (Å²) < 4.78 is 7.42. The summed E-state index contributed by atoms with van der Waals surface area (Å²) >= 11 is 0. The molecule has 4 aromatic rings. The van der Waals surface area contributed by atoms with Gasteiger partial charge in [-0.3, -0.25) is 9.36 Å². The zero-order valence-electron chi connectivity index (χ0n) is 17.7. The van der Waals surface area contributed by atoms with Gasteiger partial charge in [-0.25, -0.2) is 4.98 Å². The van der Waals surface area contributed by atoms with Gasteiger partial charge in [0.15, 0.2) is 0 Å². The molecule has 7 nitrogen and oxygen atoms in total. The van der Waals surface area contributed by atoms with E-state index in [1.54, 1.807) is 31.4 Å². The Kier molecular flexibility index (Phi) is 4.78. The number of hydrogen-bond acceptors (Lipinski definition) is 5. The number of aromatic nitrogens is 2. The number of fused-ring (bicyclic) bond motifs is 3. The maximum atomic E-state index is 13.6. The first-order valence-corrected chi connectivity index (χ1v) is 10.2. The molecule has 1 aromatic heterocycles. The molecule has 3 aromatic carbocycles. The van der Waals surface area contributed by atoms with Crippen LogP contribution in [0.4, 0.5) is 11.6 Å². The number of carbonyl (C=O) groups is 1. The number of hydrogen-bond donors (Lipinski definition) is 3. The number of allylic oxidation sites excluding steroid dienone is 1. The predicted octanol–water partition coefficient (Wildman–Crippen LogP) is 4.68. The van der Waals surface area contributed by atoms with Crippen molar-refractivity contribution in [2.75, 3.05) is 17.7 Å². The maximum absolute atomic E-state index is 13.6. The molecular weight excluding hydrogens is 404 g/mol. The second kappa shape index (κ2) is 7.77. The molecule has 1 aliphatic rings. The van der Waals surface area contributed by atoms with Crippen molar-refractivity contribution in [3.63, 3.8) is 0 Å². The normalized spacial score (nSPS) is 15.2. The first kappa shape index (κ1) is 19.7. The first-order chi connectivity index (χ1) is 15.6. The Morgan fingerprint density at radius 1 is 1.06 bits per heavy atom. The van der Waals surface area contributed by atoms with Crippen molar-refractivity contribution in [3.8, 4) is 11.5 Å². The molecule has 1 amide bonds. The number of nitrogens with one attached hydrogen (secondary N) is 2. The number of carbonyl (C=O) groups excluding carboxylic acids is 1. The van der Waals surface area contributed by atoms with E-state index in [-0.39, 0.29) is 11.7 Å². The van der Waals surface area contributed by atoms with Crippen LogP contribution in [0.3, 0.4) is 0 Å². The molecule has 0 spiro atoms. The quantitative estimate of drug-likeness (QED) is 0.441. The number of methoxy groups -OCH3 is 1. The Morgan fingerprint density at radius 2 is 1.78 bits per heavy atom. The lowest BCUT2D eigenvalue weighted by Gasteiger charge is -2.31. The Balaban J connectivity index is 1.66. The highest BCUT2D eigenvalue weighted by Gasteiger charge is 2.34. The summed E-state index contributed by atoms with van der Waals surface area (Å²) in [6, 6.07) is 21.6. The van der Waals surface area contributed by atoms with E-state index in [2.05, 4.69) is 10.6 Å². The van der Waals surface area contributed by atoms with E-state index in [4.69, 9.17) is 9.72 Å². The van der Waals surface area contributed by atoms with Crippen molar-refractivity contribution >= 4 is 28.6 Å². The fourth-order valence-electron chi connectivity index (χ4n) is 4.17. The van der Waals surface area contributed by atoms with Gasteiger partial charge >= 0.3 is 0 Å². The number of phenolic OH excluding ortho intramolecular Hbond substituents is 1. The Morgan fingerprint density at radius 3 is 2.56 bits per heavy atom. The molecule has 7 heteroatoms. The average molecular weight is 426 g/mol. The average Bonchev–Trinajstić information content (AvgIpc) is 3.17. The van der Waals surface area contributed by atoms with Gasteiger partial charge in [-0.05, 0) is 48.9 Å². The van der Waals surface area contributed by atoms with Crippen molar-refractivity contribution in [1.82, 2.24) is 9.55 Å². The van der Waals surface area contributed by atoms with E-state index in [1.807, 2.05) is 60.0 Å². The molecule has 2 heterocycles. The molecule has 32 heavy (non-hydrogen) atoms. The number of aromatic hydroxyl groups is 1. The van der Waals surface area contributed by atoms with E-state index >= 15 is 0 Å². The van der Waals surface area contributed by atoms with Gasteiger partial charge in [-0.2, -0.15) is 0 Å². The smallest absolute Gasteiger partial charge is 0.255 e. The number of rotatable bonds is 4. The molecule has 0 unspecified atom stereocenters. The molecule has 1 aliphatic heterocycles. The number of phenols is 1. The highest BCUT2D eigenvalue weighted by molar-refractivity contribution is 6.07. The van der Waals surface area contributed by atoms with Crippen LogP contribution < -0.4 is 15.4 Å². The van der Waals surface area contributed by atoms with Crippen LogP contribution >= 0.6 is 0 Å². The number of amides is 1. The number of imidazole rings is 1. The summed E-state index contributed by atoms with van der Waals surface area (Å²) in [4.78, 5) is 18.3. The van der Waals surface area contributed by atoms with E-state index < -0.39 is 6.04 Å². The van der Waals surface area contributed by atoms with Crippen molar-refractivity contribution in [1.29, 1.82) is 0 Å². The molecule has 0 bridgehead atoms. The third kappa shape index (κ3) is 3.24.